The van der Waals surface area contributed by atoms with Gasteiger partial charge in [-0.1, -0.05) is 103 Å². The third kappa shape index (κ3) is 11.7. The number of ether oxygens (including phenoxy) is 1. The zero-order valence-corrected chi connectivity index (χ0v) is 18.3. The van der Waals surface area contributed by atoms with Crippen molar-refractivity contribution in [1.82, 2.24) is 0 Å². The molecule has 0 spiro atoms. The zero-order valence-electron chi connectivity index (χ0n) is 18.3. The normalized spacial score (nSPS) is 19.7. The monoisotopic (exact) mass is 392 g/mol. The van der Waals surface area contributed by atoms with Crippen LogP contribution in [0, 0.1) is 18.3 Å². The van der Waals surface area contributed by atoms with Gasteiger partial charge in [-0.05, 0) is 6.42 Å². The van der Waals surface area contributed by atoms with Crippen LogP contribution in [0.25, 0.3) is 0 Å². The van der Waals surface area contributed by atoms with Crippen LogP contribution in [-0.4, -0.2) is 23.3 Å². The Labute approximate surface area is 174 Å². The zero-order chi connectivity index (χ0) is 20.5. The molecule has 1 N–H and O–H groups in total. The topological polar surface area (TPSA) is 46.5 Å². The van der Waals surface area contributed by atoms with Crippen molar-refractivity contribution < 1.29 is 14.6 Å². The first kappa shape index (κ1) is 25.0. The minimum absolute atomic E-state index is 0.171. The van der Waals surface area contributed by atoms with E-state index < -0.39 is 0 Å². The number of hydrogen-bond donors (Lipinski definition) is 1. The predicted molar refractivity (Wildman–Crippen MR) is 117 cm³/mol. The maximum atomic E-state index is 11.3. The molecule has 28 heavy (non-hydrogen) atoms. The highest BCUT2D eigenvalue weighted by atomic mass is 16.6. The Bertz CT molecular complexity index is 426. The highest BCUT2D eigenvalue weighted by Gasteiger charge is 2.42. The van der Waals surface area contributed by atoms with Crippen LogP contribution in [0.3, 0.4) is 0 Å². The van der Waals surface area contributed by atoms with Crippen LogP contribution in [0.1, 0.15) is 122 Å². The first-order chi connectivity index (χ1) is 13.7. The fourth-order valence-electron chi connectivity index (χ4n) is 4.09. The van der Waals surface area contributed by atoms with Gasteiger partial charge in [-0.25, -0.2) is 0 Å². The van der Waals surface area contributed by atoms with Crippen LogP contribution in [0.2, 0.25) is 0 Å². The summed E-state index contributed by atoms with van der Waals surface area (Å²) in [6, 6.07) is 0. The van der Waals surface area contributed by atoms with Crippen molar-refractivity contribution in [2.24, 2.45) is 5.92 Å². The standard InChI is InChI=1S/C25H44O3/c1-3-5-6-7-8-9-10-11-12-13-14-15-16-17-18-20-22(26)21-24-23(19-4-2)25(27)28-24/h2,22-24,26H,3,5-21H2,1H3/t22-,23+,24+/m0/s1. The summed E-state index contributed by atoms with van der Waals surface area (Å²) in [5.41, 5.74) is 0. The van der Waals surface area contributed by atoms with Gasteiger partial charge in [-0.2, -0.15) is 0 Å². The summed E-state index contributed by atoms with van der Waals surface area (Å²) in [7, 11) is 0. The molecule has 1 aliphatic heterocycles. The van der Waals surface area contributed by atoms with Gasteiger partial charge in [-0.15, -0.1) is 12.3 Å². The van der Waals surface area contributed by atoms with Gasteiger partial charge in [0, 0.05) is 12.8 Å². The van der Waals surface area contributed by atoms with E-state index in [9.17, 15) is 9.90 Å². The Kier molecular flexibility index (Phi) is 15.1. The van der Waals surface area contributed by atoms with Gasteiger partial charge in [0.25, 0.3) is 0 Å². The molecule has 0 amide bonds. The van der Waals surface area contributed by atoms with E-state index >= 15 is 0 Å². The van der Waals surface area contributed by atoms with Gasteiger partial charge in [-0.3, -0.25) is 4.79 Å². The Morgan fingerprint density at radius 2 is 1.36 bits per heavy atom. The molecule has 0 radical (unpaired) electrons. The Morgan fingerprint density at radius 3 is 1.79 bits per heavy atom. The molecule has 3 atom stereocenters. The van der Waals surface area contributed by atoms with Crippen molar-refractivity contribution in [3.8, 4) is 12.3 Å². The van der Waals surface area contributed by atoms with E-state index in [1.165, 1.54) is 89.9 Å². The Hall–Kier alpha value is -1.01. The fraction of sp³-hybridized carbons (Fsp3) is 0.880. The minimum Gasteiger partial charge on any atom is -0.461 e. The molecular formula is C25H44O3. The SMILES string of the molecule is C#CC[C@H]1C(=O)O[C@@H]1C[C@@H](O)CCCCCCCCCCCCCCCCC. The molecule has 0 aromatic rings. The molecule has 3 nitrogen and oxygen atoms in total. The summed E-state index contributed by atoms with van der Waals surface area (Å²) in [6.45, 7) is 2.27. The first-order valence-corrected chi connectivity index (χ1v) is 12.0. The van der Waals surface area contributed by atoms with Crippen molar-refractivity contribution >= 4 is 5.97 Å². The average Bonchev–Trinajstić information content (AvgIpc) is 2.68. The third-order valence-corrected chi connectivity index (χ3v) is 6.00. The van der Waals surface area contributed by atoms with Gasteiger partial charge in [0.15, 0.2) is 0 Å². The molecule has 0 saturated carbocycles. The van der Waals surface area contributed by atoms with E-state index in [0.29, 0.717) is 12.8 Å². The summed E-state index contributed by atoms with van der Waals surface area (Å²) in [4.78, 5) is 11.3. The van der Waals surface area contributed by atoms with Gasteiger partial charge < -0.3 is 9.84 Å². The van der Waals surface area contributed by atoms with Crippen LogP contribution < -0.4 is 0 Å². The van der Waals surface area contributed by atoms with Crippen LogP contribution in [0.15, 0.2) is 0 Å². The van der Waals surface area contributed by atoms with Gasteiger partial charge in [0.1, 0.15) is 12.0 Å². The van der Waals surface area contributed by atoms with E-state index in [-0.39, 0.29) is 24.1 Å². The lowest BCUT2D eigenvalue weighted by Gasteiger charge is -2.35. The van der Waals surface area contributed by atoms with E-state index in [4.69, 9.17) is 11.2 Å². The summed E-state index contributed by atoms with van der Waals surface area (Å²) < 4.78 is 5.11. The number of terminal acetylenes is 1. The van der Waals surface area contributed by atoms with Crippen molar-refractivity contribution in [1.29, 1.82) is 0 Å². The molecule has 1 heterocycles. The van der Waals surface area contributed by atoms with Crippen molar-refractivity contribution in [3.63, 3.8) is 0 Å². The van der Waals surface area contributed by atoms with Crippen LogP contribution in [0.5, 0.6) is 0 Å². The second-order valence-electron chi connectivity index (χ2n) is 8.62. The Morgan fingerprint density at radius 1 is 0.893 bits per heavy atom. The van der Waals surface area contributed by atoms with Crippen molar-refractivity contribution in [2.75, 3.05) is 0 Å². The molecule has 3 heteroatoms. The van der Waals surface area contributed by atoms with Crippen LogP contribution >= 0.6 is 0 Å². The maximum Gasteiger partial charge on any atom is 0.313 e. The number of hydrogen-bond acceptors (Lipinski definition) is 3. The number of aliphatic hydroxyl groups is 1. The molecule has 1 rings (SSSR count). The number of rotatable bonds is 19. The van der Waals surface area contributed by atoms with Crippen molar-refractivity contribution in [2.45, 2.75) is 135 Å². The van der Waals surface area contributed by atoms with E-state index in [0.717, 1.165) is 12.8 Å². The molecule has 0 bridgehead atoms. The highest BCUT2D eigenvalue weighted by molar-refractivity contribution is 5.78. The second-order valence-corrected chi connectivity index (χ2v) is 8.62. The lowest BCUT2D eigenvalue weighted by Crippen LogP contribution is -2.46. The van der Waals surface area contributed by atoms with E-state index in [1.54, 1.807) is 0 Å². The second kappa shape index (κ2) is 16.9. The molecule has 0 unspecified atom stereocenters. The molecule has 0 aromatic carbocycles. The molecule has 1 aliphatic rings. The number of unbranched alkanes of at least 4 members (excludes halogenated alkanes) is 14. The summed E-state index contributed by atoms with van der Waals surface area (Å²) in [6.07, 6.45) is 26.7. The summed E-state index contributed by atoms with van der Waals surface area (Å²) in [5.74, 6) is 2.12. The molecule has 162 valence electrons. The van der Waals surface area contributed by atoms with Gasteiger partial charge in [0.05, 0.1) is 6.10 Å². The van der Waals surface area contributed by atoms with Gasteiger partial charge in [0.2, 0.25) is 0 Å². The average molecular weight is 393 g/mol. The number of esters is 1. The van der Waals surface area contributed by atoms with E-state index in [2.05, 4.69) is 12.8 Å². The maximum absolute atomic E-state index is 11.3. The number of cyclic esters (lactones) is 1. The molecule has 0 aliphatic carbocycles. The number of carbonyl (C=O) groups is 1. The molecule has 1 fully saturated rings. The first-order valence-electron chi connectivity index (χ1n) is 12.0. The predicted octanol–water partition coefficient (Wildman–Crippen LogP) is 6.56. The Balaban J connectivity index is 1.80. The number of aliphatic hydroxyl groups excluding tert-OH is 1. The largest absolute Gasteiger partial charge is 0.461 e. The van der Waals surface area contributed by atoms with Crippen molar-refractivity contribution in [3.05, 3.63) is 0 Å². The highest BCUT2D eigenvalue weighted by Crippen LogP contribution is 2.29. The summed E-state index contributed by atoms with van der Waals surface area (Å²) >= 11 is 0. The fourth-order valence-corrected chi connectivity index (χ4v) is 4.09. The minimum atomic E-state index is -0.375. The number of carbonyl (C=O) groups excluding carboxylic acids is 1. The van der Waals surface area contributed by atoms with Gasteiger partial charge >= 0.3 is 5.97 Å². The van der Waals surface area contributed by atoms with Crippen LogP contribution in [-0.2, 0) is 9.53 Å². The lowest BCUT2D eigenvalue weighted by molar-refractivity contribution is -0.187. The third-order valence-electron chi connectivity index (χ3n) is 6.00. The quantitative estimate of drug-likeness (QED) is 0.154. The molecule has 0 aromatic heterocycles. The van der Waals surface area contributed by atoms with Crippen LogP contribution in [0.4, 0.5) is 0 Å². The molecular weight excluding hydrogens is 348 g/mol. The smallest absolute Gasteiger partial charge is 0.313 e. The lowest BCUT2D eigenvalue weighted by atomic mass is 9.88. The molecule has 1 saturated heterocycles. The van der Waals surface area contributed by atoms with E-state index in [1.807, 2.05) is 0 Å². The summed E-state index contributed by atoms with van der Waals surface area (Å²) in [5, 5.41) is 10.1.